The molecule has 1 fully saturated rings. The average molecular weight is 400 g/mol. The number of piperidine rings is 1. The third kappa shape index (κ3) is 3.26. The Labute approximate surface area is 173 Å². The van der Waals surface area contributed by atoms with Crippen molar-refractivity contribution in [1.29, 1.82) is 0 Å². The number of benzene rings is 1. The highest BCUT2D eigenvalue weighted by atomic mass is 16.6. The number of aromatic nitrogens is 4. The molecule has 5 rings (SSSR count). The van der Waals surface area contributed by atoms with Gasteiger partial charge in [-0.1, -0.05) is 36.4 Å². The van der Waals surface area contributed by atoms with Gasteiger partial charge in [-0.15, -0.1) is 10.2 Å². The van der Waals surface area contributed by atoms with Crippen LogP contribution in [0.4, 0.5) is 11.5 Å². The number of anilines is 1. The van der Waals surface area contributed by atoms with Gasteiger partial charge in [-0.25, -0.2) is 4.98 Å². The SMILES string of the molecule is O=[N+]([O-])c1ccc(N2CCCC(c3nnc4ccccn34)C2)nc1-c1ccccc1. The van der Waals surface area contributed by atoms with Crippen LogP contribution in [0.2, 0.25) is 0 Å². The second kappa shape index (κ2) is 7.55. The van der Waals surface area contributed by atoms with Crippen LogP contribution in [0.1, 0.15) is 24.6 Å². The van der Waals surface area contributed by atoms with Crippen molar-refractivity contribution in [3.63, 3.8) is 0 Å². The third-order valence-corrected chi connectivity index (χ3v) is 5.55. The molecule has 150 valence electrons. The molecule has 0 radical (unpaired) electrons. The lowest BCUT2D eigenvalue weighted by Gasteiger charge is -2.33. The monoisotopic (exact) mass is 400 g/mol. The van der Waals surface area contributed by atoms with E-state index in [1.165, 1.54) is 0 Å². The van der Waals surface area contributed by atoms with Gasteiger partial charge in [0.15, 0.2) is 11.3 Å². The summed E-state index contributed by atoms with van der Waals surface area (Å²) < 4.78 is 2.03. The van der Waals surface area contributed by atoms with E-state index >= 15 is 0 Å². The molecule has 0 saturated carbocycles. The summed E-state index contributed by atoms with van der Waals surface area (Å²) in [4.78, 5) is 18.1. The van der Waals surface area contributed by atoms with Crippen molar-refractivity contribution in [2.45, 2.75) is 18.8 Å². The summed E-state index contributed by atoms with van der Waals surface area (Å²) in [6.07, 6.45) is 4.00. The first-order valence-electron chi connectivity index (χ1n) is 9.96. The van der Waals surface area contributed by atoms with E-state index in [1.54, 1.807) is 12.1 Å². The smallest absolute Gasteiger partial charge is 0.295 e. The average Bonchev–Trinajstić information content (AvgIpc) is 3.23. The van der Waals surface area contributed by atoms with E-state index in [4.69, 9.17) is 4.98 Å². The summed E-state index contributed by atoms with van der Waals surface area (Å²) in [5.41, 5.74) is 1.99. The Morgan fingerprint density at radius 2 is 1.83 bits per heavy atom. The predicted octanol–water partition coefficient (Wildman–Crippen LogP) is 4.08. The quantitative estimate of drug-likeness (QED) is 0.379. The van der Waals surface area contributed by atoms with Crippen LogP contribution in [0.15, 0.2) is 66.9 Å². The second-order valence-electron chi connectivity index (χ2n) is 7.43. The molecule has 8 nitrogen and oxygen atoms in total. The number of pyridine rings is 2. The number of nitrogens with zero attached hydrogens (tertiary/aromatic N) is 6. The molecule has 1 aromatic carbocycles. The molecular formula is C22H20N6O2. The molecule has 0 aliphatic carbocycles. The molecule has 3 aromatic heterocycles. The number of nitro groups is 1. The fraction of sp³-hybridized carbons (Fsp3) is 0.227. The van der Waals surface area contributed by atoms with Crippen molar-refractivity contribution in [3.05, 3.63) is 82.8 Å². The summed E-state index contributed by atoms with van der Waals surface area (Å²) >= 11 is 0. The molecule has 1 atom stereocenters. The predicted molar refractivity (Wildman–Crippen MR) is 114 cm³/mol. The van der Waals surface area contributed by atoms with Crippen LogP contribution in [-0.2, 0) is 0 Å². The van der Waals surface area contributed by atoms with Gasteiger partial charge in [0.05, 0.1) is 4.92 Å². The maximum Gasteiger partial charge on any atom is 0.295 e. The number of hydrogen-bond acceptors (Lipinski definition) is 6. The van der Waals surface area contributed by atoms with E-state index < -0.39 is 0 Å². The Kier molecular flexibility index (Phi) is 4.59. The summed E-state index contributed by atoms with van der Waals surface area (Å²) in [7, 11) is 0. The largest absolute Gasteiger partial charge is 0.356 e. The Morgan fingerprint density at radius 1 is 1.00 bits per heavy atom. The van der Waals surface area contributed by atoms with Gasteiger partial charge in [0.2, 0.25) is 0 Å². The molecule has 0 spiro atoms. The molecule has 4 aromatic rings. The number of hydrogen-bond donors (Lipinski definition) is 0. The fourth-order valence-corrected chi connectivity index (χ4v) is 4.11. The van der Waals surface area contributed by atoms with Gasteiger partial charge in [-0.2, -0.15) is 0 Å². The Balaban J connectivity index is 1.49. The zero-order valence-corrected chi connectivity index (χ0v) is 16.3. The van der Waals surface area contributed by atoms with Gasteiger partial charge < -0.3 is 4.90 Å². The minimum atomic E-state index is -0.375. The first-order valence-corrected chi connectivity index (χ1v) is 9.96. The molecule has 1 aliphatic rings. The highest BCUT2D eigenvalue weighted by Crippen LogP contribution is 2.33. The first kappa shape index (κ1) is 18.2. The lowest BCUT2D eigenvalue weighted by Crippen LogP contribution is -2.35. The van der Waals surface area contributed by atoms with Crippen molar-refractivity contribution < 1.29 is 4.92 Å². The Bertz CT molecular complexity index is 1210. The highest BCUT2D eigenvalue weighted by Gasteiger charge is 2.27. The Hall–Kier alpha value is -3.81. The third-order valence-electron chi connectivity index (χ3n) is 5.55. The fourth-order valence-electron chi connectivity index (χ4n) is 4.11. The molecule has 0 amide bonds. The first-order chi connectivity index (χ1) is 14.7. The van der Waals surface area contributed by atoms with Crippen molar-refractivity contribution in [1.82, 2.24) is 19.6 Å². The van der Waals surface area contributed by atoms with Crippen LogP contribution in [0.3, 0.4) is 0 Å². The molecule has 1 aliphatic heterocycles. The van der Waals surface area contributed by atoms with E-state index in [1.807, 2.05) is 59.1 Å². The van der Waals surface area contributed by atoms with Crippen LogP contribution in [0.5, 0.6) is 0 Å². The standard InChI is InChI=1S/C22H20N6O2/c29-28(30)18-11-12-19(23-21(18)16-7-2-1-3-8-16)26-13-6-9-17(15-26)22-25-24-20-10-4-5-14-27(20)22/h1-5,7-8,10-12,14,17H,6,9,13,15H2. The van der Waals surface area contributed by atoms with Crippen molar-refractivity contribution in [3.8, 4) is 11.3 Å². The number of rotatable bonds is 4. The van der Waals surface area contributed by atoms with Crippen molar-refractivity contribution >= 4 is 17.2 Å². The molecule has 8 heteroatoms. The molecule has 1 saturated heterocycles. The van der Waals surface area contributed by atoms with Crippen LogP contribution in [0.25, 0.3) is 16.9 Å². The van der Waals surface area contributed by atoms with Crippen LogP contribution in [0, 0.1) is 10.1 Å². The van der Waals surface area contributed by atoms with Gasteiger partial charge in [-0.3, -0.25) is 14.5 Å². The minimum absolute atomic E-state index is 0.0157. The van der Waals surface area contributed by atoms with E-state index in [-0.39, 0.29) is 16.5 Å². The van der Waals surface area contributed by atoms with Gasteiger partial charge in [0.1, 0.15) is 11.6 Å². The molecule has 0 N–H and O–H groups in total. The zero-order chi connectivity index (χ0) is 20.5. The van der Waals surface area contributed by atoms with E-state index in [2.05, 4.69) is 15.1 Å². The molecule has 1 unspecified atom stereocenters. The highest BCUT2D eigenvalue weighted by molar-refractivity contribution is 5.71. The van der Waals surface area contributed by atoms with E-state index in [0.717, 1.165) is 48.8 Å². The molecule has 0 bridgehead atoms. The van der Waals surface area contributed by atoms with Crippen molar-refractivity contribution in [2.24, 2.45) is 0 Å². The van der Waals surface area contributed by atoms with Gasteiger partial charge in [0, 0.05) is 36.8 Å². The van der Waals surface area contributed by atoms with E-state index in [0.29, 0.717) is 5.69 Å². The summed E-state index contributed by atoms with van der Waals surface area (Å²) in [6.45, 7) is 1.60. The van der Waals surface area contributed by atoms with E-state index in [9.17, 15) is 10.1 Å². The van der Waals surface area contributed by atoms with Crippen molar-refractivity contribution in [2.75, 3.05) is 18.0 Å². The Morgan fingerprint density at radius 3 is 2.67 bits per heavy atom. The second-order valence-corrected chi connectivity index (χ2v) is 7.43. The van der Waals surface area contributed by atoms with Gasteiger partial charge in [0.25, 0.3) is 5.69 Å². The van der Waals surface area contributed by atoms with Crippen LogP contribution in [-0.4, -0.2) is 37.6 Å². The lowest BCUT2D eigenvalue weighted by molar-refractivity contribution is -0.384. The maximum atomic E-state index is 11.5. The van der Waals surface area contributed by atoms with Crippen LogP contribution < -0.4 is 4.90 Å². The summed E-state index contributed by atoms with van der Waals surface area (Å²) in [5.74, 6) is 1.91. The summed E-state index contributed by atoms with van der Waals surface area (Å²) in [5, 5.41) is 20.3. The molecular weight excluding hydrogens is 380 g/mol. The molecule has 30 heavy (non-hydrogen) atoms. The minimum Gasteiger partial charge on any atom is -0.356 e. The van der Waals surface area contributed by atoms with Gasteiger partial charge in [-0.05, 0) is 31.0 Å². The topological polar surface area (TPSA) is 89.5 Å². The maximum absolute atomic E-state index is 11.5. The zero-order valence-electron chi connectivity index (χ0n) is 16.3. The van der Waals surface area contributed by atoms with Crippen LogP contribution >= 0.6 is 0 Å². The normalized spacial score (nSPS) is 16.7. The number of fused-ring (bicyclic) bond motifs is 1. The molecule has 4 heterocycles. The summed E-state index contributed by atoms with van der Waals surface area (Å²) in [6, 6.07) is 18.5. The lowest BCUT2D eigenvalue weighted by atomic mass is 9.97. The van der Waals surface area contributed by atoms with Gasteiger partial charge >= 0.3 is 0 Å².